The van der Waals surface area contributed by atoms with Crippen LogP contribution in [0.25, 0.3) is 34.3 Å². The zero-order valence-corrected chi connectivity index (χ0v) is 13.8. The largest absolute Gasteiger partial charge is 0.481 e. The molecule has 0 atom stereocenters. The van der Waals surface area contributed by atoms with Crippen LogP contribution in [0.3, 0.4) is 0 Å². The Kier molecular flexibility index (Phi) is 3.98. The van der Waals surface area contributed by atoms with Gasteiger partial charge in [0.25, 0.3) is 5.89 Å². The van der Waals surface area contributed by atoms with Crippen LogP contribution in [0.1, 0.15) is 0 Å². The molecule has 0 aliphatic heterocycles. The maximum Gasteiger partial charge on any atom is 0.270 e. The second-order valence-electron chi connectivity index (χ2n) is 5.36. The van der Waals surface area contributed by atoms with Gasteiger partial charge in [-0.1, -0.05) is 18.2 Å². The van der Waals surface area contributed by atoms with Gasteiger partial charge in [-0.2, -0.15) is 0 Å². The van der Waals surface area contributed by atoms with Crippen molar-refractivity contribution in [2.75, 3.05) is 12.8 Å². The zero-order chi connectivity index (χ0) is 17.9. The summed E-state index contributed by atoms with van der Waals surface area (Å²) in [4.78, 5) is 12.9. The number of nitrogens with zero attached hydrogens (tertiary/aromatic N) is 5. The number of rotatable bonds is 4. The summed E-state index contributed by atoms with van der Waals surface area (Å²) < 4.78 is 10.8. The molecule has 0 amide bonds. The van der Waals surface area contributed by atoms with Crippen LogP contribution in [0.4, 0.5) is 5.82 Å². The van der Waals surface area contributed by atoms with E-state index >= 15 is 0 Å². The molecule has 0 aliphatic rings. The highest BCUT2D eigenvalue weighted by atomic mass is 16.5. The van der Waals surface area contributed by atoms with E-state index in [1.165, 1.54) is 0 Å². The summed E-state index contributed by atoms with van der Waals surface area (Å²) >= 11 is 0. The van der Waals surface area contributed by atoms with Gasteiger partial charge in [0.05, 0.1) is 19.0 Å². The number of nitrogen functional groups attached to an aromatic ring is 1. The third kappa shape index (κ3) is 2.95. The van der Waals surface area contributed by atoms with E-state index in [1.54, 1.807) is 25.6 Å². The molecule has 4 aromatic rings. The minimum absolute atomic E-state index is 0.206. The summed E-state index contributed by atoms with van der Waals surface area (Å²) in [7, 11) is 1.56. The van der Waals surface area contributed by atoms with Crippen molar-refractivity contribution in [3.63, 3.8) is 0 Å². The van der Waals surface area contributed by atoms with Crippen molar-refractivity contribution >= 4 is 5.82 Å². The topological polar surface area (TPSA) is 113 Å². The summed E-state index contributed by atoms with van der Waals surface area (Å²) in [6, 6.07) is 13.0. The molecule has 26 heavy (non-hydrogen) atoms. The molecule has 2 N–H and O–H groups in total. The molecular formula is C18H14N6O2. The molecule has 4 rings (SSSR count). The SMILES string of the molecule is COc1ccc(-c2cnc(N)c(-c3nnc(-c4ccccc4)o3)n2)cn1. The number of anilines is 1. The average Bonchev–Trinajstić information content (AvgIpc) is 3.19. The molecule has 0 aliphatic carbocycles. The molecule has 8 heteroatoms. The molecule has 0 fully saturated rings. The summed E-state index contributed by atoms with van der Waals surface area (Å²) in [6.45, 7) is 0. The van der Waals surface area contributed by atoms with Crippen molar-refractivity contribution in [1.29, 1.82) is 0 Å². The van der Waals surface area contributed by atoms with Gasteiger partial charge in [0, 0.05) is 23.4 Å². The van der Waals surface area contributed by atoms with Crippen molar-refractivity contribution in [3.8, 4) is 40.2 Å². The smallest absolute Gasteiger partial charge is 0.270 e. The first kappa shape index (κ1) is 15.7. The van der Waals surface area contributed by atoms with E-state index in [4.69, 9.17) is 14.9 Å². The van der Waals surface area contributed by atoms with Crippen LogP contribution in [-0.4, -0.2) is 32.3 Å². The van der Waals surface area contributed by atoms with Crippen LogP contribution < -0.4 is 10.5 Å². The quantitative estimate of drug-likeness (QED) is 0.600. The first-order chi connectivity index (χ1) is 12.7. The van der Waals surface area contributed by atoms with Crippen molar-refractivity contribution in [2.24, 2.45) is 0 Å². The molecule has 0 saturated heterocycles. The van der Waals surface area contributed by atoms with E-state index in [1.807, 2.05) is 36.4 Å². The van der Waals surface area contributed by atoms with Gasteiger partial charge in [-0.25, -0.2) is 15.0 Å². The molecule has 128 valence electrons. The Morgan fingerprint density at radius 1 is 0.885 bits per heavy atom. The van der Waals surface area contributed by atoms with E-state index in [2.05, 4.69) is 25.1 Å². The lowest BCUT2D eigenvalue weighted by atomic mass is 10.2. The van der Waals surface area contributed by atoms with Crippen molar-refractivity contribution in [1.82, 2.24) is 25.1 Å². The van der Waals surface area contributed by atoms with Gasteiger partial charge >= 0.3 is 0 Å². The Hall–Kier alpha value is -3.81. The molecule has 0 radical (unpaired) electrons. The molecule has 3 heterocycles. The molecule has 0 unspecified atom stereocenters. The monoisotopic (exact) mass is 346 g/mol. The molecule has 8 nitrogen and oxygen atoms in total. The van der Waals surface area contributed by atoms with E-state index < -0.39 is 0 Å². The van der Waals surface area contributed by atoms with Crippen molar-refractivity contribution in [3.05, 3.63) is 54.9 Å². The van der Waals surface area contributed by atoms with Crippen LogP contribution in [-0.2, 0) is 0 Å². The minimum atomic E-state index is 0.206. The Balaban J connectivity index is 1.71. The van der Waals surface area contributed by atoms with Gasteiger partial charge in [0.1, 0.15) is 0 Å². The molecule has 1 aromatic carbocycles. The molecule has 0 bridgehead atoms. The lowest BCUT2D eigenvalue weighted by Gasteiger charge is -2.05. The Morgan fingerprint density at radius 2 is 1.69 bits per heavy atom. The highest BCUT2D eigenvalue weighted by Gasteiger charge is 2.16. The van der Waals surface area contributed by atoms with Crippen LogP contribution >= 0.6 is 0 Å². The summed E-state index contributed by atoms with van der Waals surface area (Å²) in [5.41, 5.74) is 8.45. The maximum atomic E-state index is 5.96. The Labute approximate surface area is 148 Å². The minimum Gasteiger partial charge on any atom is -0.481 e. The number of methoxy groups -OCH3 is 1. The van der Waals surface area contributed by atoms with Crippen LogP contribution in [0.2, 0.25) is 0 Å². The lowest BCUT2D eigenvalue weighted by molar-refractivity contribution is 0.398. The van der Waals surface area contributed by atoms with Gasteiger partial charge in [0.2, 0.25) is 11.8 Å². The predicted molar refractivity (Wildman–Crippen MR) is 95.0 cm³/mol. The van der Waals surface area contributed by atoms with Crippen LogP contribution in [0.5, 0.6) is 5.88 Å². The highest BCUT2D eigenvalue weighted by Crippen LogP contribution is 2.27. The Morgan fingerprint density at radius 3 is 2.42 bits per heavy atom. The van der Waals surface area contributed by atoms with Gasteiger partial charge in [-0.3, -0.25) is 0 Å². The predicted octanol–water partition coefficient (Wildman–Crippen LogP) is 2.85. The molecular weight excluding hydrogens is 332 g/mol. The fourth-order valence-electron chi connectivity index (χ4n) is 2.36. The number of benzene rings is 1. The van der Waals surface area contributed by atoms with Gasteiger partial charge in [-0.05, 0) is 18.2 Å². The van der Waals surface area contributed by atoms with Gasteiger partial charge in [0.15, 0.2) is 11.5 Å². The fourth-order valence-corrected chi connectivity index (χ4v) is 2.36. The Bertz CT molecular complexity index is 1030. The summed E-state index contributed by atoms with van der Waals surface area (Å²) in [6.07, 6.45) is 3.21. The summed E-state index contributed by atoms with van der Waals surface area (Å²) in [5.74, 6) is 1.32. The first-order valence-electron chi connectivity index (χ1n) is 7.77. The highest BCUT2D eigenvalue weighted by molar-refractivity contribution is 5.68. The van der Waals surface area contributed by atoms with E-state index in [0.717, 1.165) is 11.1 Å². The molecule has 0 saturated carbocycles. The fraction of sp³-hybridized carbons (Fsp3) is 0.0556. The van der Waals surface area contributed by atoms with Crippen LogP contribution in [0, 0.1) is 0 Å². The molecule has 3 aromatic heterocycles. The number of nitrogens with two attached hydrogens (primary N) is 1. The lowest BCUT2D eigenvalue weighted by Crippen LogP contribution is -1.99. The van der Waals surface area contributed by atoms with Crippen molar-refractivity contribution < 1.29 is 9.15 Å². The third-order valence-corrected chi connectivity index (χ3v) is 3.69. The number of pyridine rings is 1. The van der Waals surface area contributed by atoms with E-state index in [-0.39, 0.29) is 11.7 Å². The first-order valence-corrected chi connectivity index (χ1v) is 7.77. The van der Waals surface area contributed by atoms with Crippen molar-refractivity contribution in [2.45, 2.75) is 0 Å². The molecule has 0 spiro atoms. The normalized spacial score (nSPS) is 10.7. The summed E-state index contributed by atoms with van der Waals surface area (Å²) in [5, 5.41) is 8.11. The number of hydrogen-bond donors (Lipinski definition) is 1. The second-order valence-corrected chi connectivity index (χ2v) is 5.36. The number of aromatic nitrogens is 5. The second kappa shape index (κ2) is 6.60. The average molecular weight is 346 g/mol. The third-order valence-electron chi connectivity index (χ3n) is 3.69. The maximum absolute atomic E-state index is 5.96. The zero-order valence-electron chi connectivity index (χ0n) is 13.8. The van der Waals surface area contributed by atoms with E-state index in [9.17, 15) is 0 Å². The standard InChI is InChI=1S/C18H14N6O2/c1-25-14-8-7-12(9-20-14)13-10-21-16(19)15(22-13)18-24-23-17(26-18)11-5-3-2-4-6-11/h2-10H,1H3,(H2,19,21). The van der Waals surface area contributed by atoms with Gasteiger partial charge in [-0.15, -0.1) is 10.2 Å². The number of ether oxygens (including phenoxy) is 1. The van der Waals surface area contributed by atoms with Gasteiger partial charge < -0.3 is 14.9 Å². The number of hydrogen-bond acceptors (Lipinski definition) is 8. The van der Waals surface area contributed by atoms with Crippen LogP contribution in [0.15, 0.2) is 59.3 Å². The van der Waals surface area contributed by atoms with E-state index in [0.29, 0.717) is 23.2 Å².